The number of anilines is 1. The third-order valence-corrected chi connectivity index (χ3v) is 9.13. The molecule has 11 heteroatoms. The number of ether oxygens (including phenoxy) is 1. The van der Waals surface area contributed by atoms with Crippen LogP contribution in [0.2, 0.25) is 0 Å². The molecule has 1 fully saturated rings. The molecule has 3 aromatic rings. The Morgan fingerprint density at radius 1 is 1.08 bits per heavy atom. The molecule has 4 rings (SSSR count). The fourth-order valence-electron chi connectivity index (χ4n) is 4.37. The summed E-state index contributed by atoms with van der Waals surface area (Å²) in [7, 11) is -3.71. The van der Waals surface area contributed by atoms with Crippen molar-refractivity contribution < 1.29 is 22.7 Å². The summed E-state index contributed by atoms with van der Waals surface area (Å²) in [4.78, 5) is 29.8. The van der Waals surface area contributed by atoms with Crippen molar-refractivity contribution in [3.63, 3.8) is 0 Å². The first-order valence-electron chi connectivity index (χ1n) is 12.5. The lowest BCUT2D eigenvalue weighted by molar-refractivity contribution is -0.113. The number of imidazole rings is 1. The monoisotopic (exact) mass is 544 g/mol. The highest BCUT2D eigenvalue weighted by atomic mass is 32.2. The maximum Gasteiger partial charge on any atom is 0.338 e. The molecule has 9 nitrogen and oxygen atoms in total. The van der Waals surface area contributed by atoms with Gasteiger partial charge in [-0.05, 0) is 69.5 Å². The van der Waals surface area contributed by atoms with E-state index in [1.807, 2.05) is 24.5 Å². The summed E-state index contributed by atoms with van der Waals surface area (Å²) in [5.41, 5.74) is 3.01. The lowest BCUT2D eigenvalue weighted by atomic mass is 10.2. The van der Waals surface area contributed by atoms with Gasteiger partial charge in [-0.25, -0.2) is 18.2 Å². The first-order valence-corrected chi connectivity index (χ1v) is 14.9. The number of carbonyl (C=O) groups excluding carboxylic acids is 2. The first kappa shape index (κ1) is 27.2. The summed E-state index contributed by atoms with van der Waals surface area (Å²) in [6.45, 7) is 7.47. The van der Waals surface area contributed by atoms with Gasteiger partial charge in [0.1, 0.15) is 4.90 Å². The Bertz CT molecular complexity index is 1410. The molecule has 1 N–H and O–H groups in total. The molecule has 0 atom stereocenters. The van der Waals surface area contributed by atoms with Crippen LogP contribution in [0.4, 0.5) is 5.69 Å². The van der Waals surface area contributed by atoms with Crippen LogP contribution in [0.1, 0.15) is 49.0 Å². The number of thioether (sulfide) groups is 1. The summed E-state index contributed by atoms with van der Waals surface area (Å²) >= 11 is 1.26. The highest BCUT2D eigenvalue weighted by Gasteiger charge is 2.29. The first-order chi connectivity index (χ1) is 17.7. The van der Waals surface area contributed by atoms with Gasteiger partial charge in [-0.2, -0.15) is 4.31 Å². The van der Waals surface area contributed by atoms with Crippen molar-refractivity contribution in [3.05, 3.63) is 47.5 Å². The number of sulfonamides is 1. The zero-order valence-electron chi connectivity index (χ0n) is 21.3. The number of esters is 1. The second kappa shape index (κ2) is 11.7. The van der Waals surface area contributed by atoms with E-state index in [4.69, 9.17) is 4.74 Å². The van der Waals surface area contributed by atoms with Gasteiger partial charge < -0.3 is 14.6 Å². The molecular formula is C26H32N4O5S2. The molecule has 2 heterocycles. The van der Waals surface area contributed by atoms with Crippen LogP contribution in [0.5, 0.6) is 0 Å². The molecule has 0 spiro atoms. The van der Waals surface area contributed by atoms with Crippen LogP contribution >= 0.6 is 11.8 Å². The second-order valence-electron chi connectivity index (χ2n) is 8.86. The van der Waals surface area contributed by atoms with E-state index in [9.17, 15) is 18.0 Å². The van der Waals surface area contributed by atoms with Gasteiger partial charge in [-0.1, -0.05) is 24.2 Å². The molecule has 1 aromatic heterocycles. The number of nitrogens with zero attached hydrogens (tertiary/aromatic N) is 3. The summed E-state index contributed by atoms with van der Waals surface area (Å²) < 4.78 is 35.2. The van der Waals surface area contributed by atoms with Gasteiger partial charge in [-0.15, -0.1) is 0 Å². The molecule has 198 valence electrons. The smallest absolute Gasteiger partial charge is 0.338 e. The zero-order chi connectivity index (χ0) is 26.6. The molecule has 0 radical (unpaired) electrons. The van der Waals surface area contributed by atoms with Crippen LogP contribution < -0.4 is 5.32 Å². The lowest BCUT2D eigenvalue weighted by Gasteiger charge is -2.27. The fraction of sp³-hybridized carbons (Fsp3) is 0.423. The Kier molecular flexibility index (Phi) is 8.56. The minimum absolute atomic E-state index is 0.0468. The Balaban J connectivity index is 1.51. The highest BCUT2D eigenvalue weighted by molar-refractivity contribution is 7.99. The number of aromatic nitrogens is 2. The van der Waals surface area contributed by atoms with Crippen molar-refractivity contribution >= 4 is 50.4 Å². The normalized spacial score (nSPS) is 14.6. The number of amides is 1. The zero-order valence-corrected chi connectivity index (χ0v) is 23.0. The van der Waals surface area contributed by atoms with Crippen LogP contribution in [0.15, 0.2) is 46.5 Å². The molecule has 0 aliphatic carbocycles. The molecule has 1 aliphatic rings. The lowest BCUT2D eigenvalue weighted by Crippen LogP contribution is -2.36. The largest absolute Gasteiger partial charge is 0.462 e. The third-order valence-electron chi connectivity index (χ3n) is 6.22. The van der Waals surface area contributed by atoms with Crippen molar-refractivity contribution in [2.75, 3.05) is 30.8 Å². The van der Waals surface area contributed by atoms with E-state index in [2.05, 4.69) is 10.3 Å². The van der Waals surface area contributed by atoms with E-state index in [0.717, 1.165) is 30.3 Å². The SMILES string of the molecule is CCOC(=O)c1ccc2c(c1)nc(SCC(=O)Nc1ccc(C)cc1S(=O)(=O)N1CCCCC1)n2CC. The van der Waals surface area contributed by atoms with E-state index in [1.54, 1.807) is 37.3 Å². The summed E-state index contributed by atoms with van der Waals surface area (Å²) in [6, 6.07) is 10.3. The van der Waals surface area contributed by atoms with E-state index >= 15 is 0 Å². The Morgan fingerprint density at radius 2 is 1.84 bits per heavy atom. The van der Waals surface area contributed by atoms with E-state index < -0.39 is 16.0 Å². The topological polar surface area (TPSA) is 111 Å². The maximum absolute atomic E-state index is 13.3. The number of hydrogen-bond donors (Lipinski definition) is 1. The van der Waals surface area contributed by atoms with Gasteiger partial charge >= 0.3 is 5.97 Å². The van der Waals surface area contributed by atoms with E-state index in [-0.39, 0.29) is 22.2 Å². The number of fused-ring (bicyclic) bond motifs is 1. The number of benzene rings is 2. The Labute approximate surface area is 221 Å². The van der Waals surface area contributed by atoms with Crippen molar-refractivity contribution in [3.8, 4) is 0 Å². The van der Waals surface area contributed by atoms with E-state index in [0.29, 0.717) is 42.5 Å². The molecule has 1 amide bonds. The highest BCUT2D eigenvalue weighted by Crippen LogP contribution is 2.29. The van der Waals surface area contributed by atoms with Crippen LogP contribution in [-0.2, 0) is 26.1 Å². The minimum Gasteiger partial charge on any atom is -0.462 e. The molecule has 37 heavy (non-hydrogen) atoms. The number of piperidine rings is 1. The predicted molar refractivity (Wildman–Crippen MR) is 145 cm³/mol. The van der Waals surface area contributed by atoms with Gasteiger partial charge in [0, 0.05) is 19.6 Å². The number of carbonyl (C=O) groups is 2. The van der Waals surface area contributed by atoms with Gasteiger partial charge in [0.15, 0.2) is 5.16 Å². The Hall–Kier alpha value is -2.89. The van der Waals surface area contributed by atoms with Crippen LogP contribution in [0, 0.1) is 6.92 Å². The molecule has 1 saturated heterocycles. The fourth-order valence-corrected chi connectivity index (χ4v) is 7.00. The van der Waals surface area contributed by atoms with Gasteiger partial charge in [0.2, 0.25) is 15.9 Å². The standard InChI is InChI=1S/C26H32N4O5S2/c1-4-30-22-12-10-19(25(32)35-5-2)16-21(22)28-26(30)36-17-24(31)27-20-11-9-18(3)15-23(20)37(33,34)29-13-7-6-8-14-29/h9-12,15-16H,4-8,13-14,17H2,1-3H3,(H,27,31). The third kappa shape index (κ3) is 6.00. The number of aryl methyl sites for hydroxylation is 2. The maximum atomic E-state index is 13.3. The second-order valence-corrected chi connectivity index (χ2v) is 11.7. The summed E-state index contributed by atoms with van der Waals surface area (Å²) in [5, 5.41) is 3.44. The number of hydrogen-bond acceptors (Lipinski definition) is 7. The average molecular weight is 545 g/mol. The molecular weight excluding hydrogens is 512 g/mol. The van der Waals surface area contributed by atoms with E-state index in [1.165, 1.54) is 16.1 Å². The molecule has 1 aliphatic heterocycles. The molecule has 0 saturated carbocycles. The molecule has 2 aromatic carbocycles. The van der Waals surface area contributed by atoms with Crippen LogP contribution in [0.25, 0.3) is 11.0 Å². The number of nitrogens with one attached hydrogen (secondary N) is 1. The van der Waals surface area contributed by atoms with Crippen LogP contribution in [0.3, 0.4) is 0 Å². The predicted octanol–water partition coefficient (Wildman–Crippen LogP) is 4.45. The van der Waals surface area contributed by atoms with Crippen molar-refractivity contribution in [2.45, 2.75) is 56.6 Å². The van der Waals surface area contributed by atoms with Crippen molar-refractivity contribution in [1.82, 2.24) is 13.9 Å². The van der Waals surface area contributed by atoms with Gasteiger partial charge in [-0.3, -0.25) is 4.79 Å². The molecule has 0 bridgehead atoms. The van der Waals surface area contributed by atoms with Gasteiger partial charge in [0.25, 0.3) is 0 Å². The number of rotatable bonds is 9. The summed E-state index contributed by atoms with van der Waals surface area (Å²) in [5.74, 6) is -0.686. The van der Waals surface area contributed by atoms with Crippen molar-refractivity contribution in [1.29, 1.82) is 0 Å². The van der Waals surface area contributed by atoms with Crippen LogP contribution in [-0.4, -0.2) is 59.6 Å². The minimum atomic E-state index is -3.71. The molecule has 0 unspecified atom stereocenters. The Morgan fingerprint density at radius 3 is 2.54 bits per heavy atom. The van der Waals surface area contributed by atoms with Crippen molar-refractivity contribution in [2.24, 2.45) is 0 Å². The van der Waals surface area contributed by atoms with Gasteiger partial charge in [0.05, 0.1) is 34.6 Å². The summed E-state index contributed by atoms with van der Waals surface area (Å²) in [6.07, 6.45) is 2.69. The quantitative estimate of drug-likeness (QED) is 0.313. The average Bonchev–Trinajstić information content (AvgIpc) is 3.25.